The monoisotopic (exact) mass is 574 g/mol. The van der Waals surface area contributed by atoms with Crippen LogP contribution in [0.5, 0.6) is 0 Å². The maximum atomic E-state index is 12.8. The lowest BCUT2D eigenvalue weighted by Gasteiger charge is -2.28. The van der Waals surface area contributed by atoms with E-state index in [4.69, 9.17) is 4.74 Å². The minimum atomic E-state index is -3.49. The number of nitrogens with zero attached hydrogens (tertiary/aromatic N) is 3. The summed E-state index contributed by atoms with van der Waals surface area (Å²) in [5.74, 6) is -0.159. The van der Waals surface area contributed by atoms with Gasteiger partial charge in [0.1, 0.15) is 0 Å². The van der Waals surface area contributed by atoms with Crippen LogP contribution >= 0.6 is 0 Å². The highest BCUT2D eigenvalue weighted by Gasteiger charge is 2.29. The fraction of sp³-hybridized carbons (Fsp3) is 0.731. The molecule has 1 atom stereocenters. The van der Waals surface area contributed by atoms with Gasteiger partial charge in [-0.1, -0.05) is 19.1 Å². The first kappa shape index (κ1) is 32.6. The van der Waals surface area contributed by atoms with Crippen molar-refractivity contribution in [2.45, 2.75) is 50.5 Å². The quantitative estimate of drug-likeness (QED) is 0.276. The molecule has 10 nitrogen and oxygen atoms in total. The second-order valence-electron chi connectivity index (χ2n) is 9.93. The summed E-state index contributed by atoms with van der Waals surface area (Å²) in [7, 11) is -5.09. The van der Waals surface area contributed by atoms with Gasteiger partial charge in [-0.3, -0.25) is 4.79 Å². The number of methoxy groups -OCH3 is 1. The molecule has 0 saturated carbocycles. The number of likely N-dealkylation sites (N-methyl/N-ethyl adjacent to an activating group) is 1. The third kappa shape index (κ3) is 10.9. The molecule has 1 aliphatic heterocycles. The zero-order valence-electron chi connectivity index (χ0n) is 23.4. The Hall–Kier alpha value is -1.57. The number of ether oxygens (including phenoxy) is 1. The topological polar surface area (TPSA) is 116 Å². The summed E-state index contributed by atoms with van der Waals surface area (Å²) >= 11 is 0. The number of sulfone groups is 1. The van der Waals surface area contributed by atoms with E-state index in [1.54, 1.807) is 24.1 Å². The lowest BCUT2D eigenvalue weighted by Crippen LogP contribution is -2.42. The van der Waals surface area contributed by atoms with E-state index in [2.05, 4.69) is 24.1 Å². The molecule has 218 valence electrons. The molecule has 1 saturated heterocycles. The Morgan fingerprint density at radius 3 is 2.42 bits per heavy atom. The van der Waals surface area contributed by atoms with Gasteiger partial charge in [0.25, 0.3) is 0 Å². The fourth-order valence-corrected chi connectivity index (χ4v) is 6.65. The van der Waals surface area contributed by atoms with Crippen molar-refractivity contribution >= 4 is 25.8 Å². The summed E-state index contributed by atoms with van der Waals surface area (Å²) in [5, 5.41) is 3.04. The molecule has 0 aromatic heterocycles. The Bertz CT molecular complexity index is 1060. The molecule has 1 aromatic rings. The van der Waals surface area contributed by atoms with E-state index >= 15 is 0 Å². The van der Waals surface area contributed by atoms with E-state index in [0.29, 0.717) is 56.7 Å². The Morgan fingerprint density at radius 1 is 1.08 bits per heavy atom. The highest BCUT2D eigenvalue weighted by Crippen LogP contribution is 2.15. The van der Waals surface area contributed by atoms with Crippen LogP contribution in [-0.2, 0) is 35.8 Å². The van der Waals surface area contributed by atoms with Crippen LogP contribution in [0.2, 0.25) is 0 Å². The van der Waals surface area contributed by atoms with Gasteiger partial charge in [0, 0.05) is 52.1 Å². The zero-order chi connectivity index (χ0) is 28.2. The Balaban J connectivity index is 1.77. The number of carbonyl (C=O) groups is 1. The van der Waals surface area contributed by atoms with Gasteiger partial charge in [0.05, 0.1) is 23.8 Å². The van der Waals surface area contributed by atoms with E-state index in [9.17, 15) is 21.6 Å². The lowest BCUT2D eigenvalue weighted by molar-refractivity contribution is -0.130. The number of sulfonamides is 1. The summed E-state index contributed by atoms with van der Waals surface area (Å²) in [6.45, 7) is 9.04. The standard InChI is InChI=1S/C26H46N4O6S2/c1-5-28(23(2)21-24-9-11-25(12-10-24)37(4,32)33)15-6-7-16-29-17-8-18-30(22-26(29)31)38(34,35)20-14-27-13-19-36-3/h9-12,23,27H,5-8,13-22H2,1-4H3. The van der Waals surface area contributed by atoms with E-state index < -0.39 is 19.9 Å². The molecule has 0 aliphatic carbocycles. The number of rotatable bonds is 17. The first-order valence-electron chi connectivity index (χ1n) is 13.5. The average Bonchev–Trinajstić information content (AvgIpc) is 3.05. The van der Waals surface area contributed by atoms with Crippen LogP contribution < -0.4 is 5.32 Å². The van der Waals surface area contributed by atoms with Crippen LogP contribution in [0, 0.1) is 0 Å². The molecule has 0 spiro atoms. The van der Waals surface area contributed by atoms with Crippen LogP contribution in [0.3, 0.4) is 0 Å². The maximum Gasteiger partial charge on any atom is 0.237 e. The second kappa shape index (κ2) is 15.9. The van der Waals surface area contributed by atoms with Crippen LogP contribution in [0.15, 0.2) is 29.2 Å². The van der Waals surface area contributed by atoms with Crippen LogP contribution in [0.1, 0.15) is 38.7 Å². The first-order valence-corrected chi connectivity index (χ1v) is 17.0. The Labute approximate surface area is 229 Å². The Morgan fingerprint density at radius 2 is 1.79 bits per heavy atom. The van der Waals surface area contributed by atoms with Gasteiger partial charge in [-0.25, -0.2) is 16.8 Å². The largest absolute Gasteiger partial charge is 0.383 e. The van der Waals surface area contributed by atoms with E-state index in [1.165, 1.54) is 10.6 Å². The number of hydrogen-bond donors (Lipinski definition) is 1. The summed E-state index contributed by atoms with van der Waals surface area (Å²) in [6.07, 6.45) is 4.47. The molecule has 1 aliphatic rings. The summed E-state index contributed by atoms with van der Waals surface area (Å²) in [5.41, 5.74) is 1.10. The van der Waals surface area contributed by atoms with Gasteiger partial charge in [-0.2, -0.15) is 4.31 Å². The van der Waals surface area contributed by atoms with E-state index in [0.717, 1.165) is 37.9 Å². The van der Waals surface area contributed by atoms with Crippen molar-refractivity contribution in [1.82, 2.24) is 19.4 Å². The molecule has 1 N–H and O–H groups in total. The lowest BCUT2D eigenvalue weighted by atomic mass is 10.1. The minimum Gasteiger partial charge on any atom is -0.383 e. The zero-order valence-corrected chi connectivity index (χ0v) is 25.0. The van der Waals surface area contributed by atoms with Crippen molar-refractivity contribution < 1.29 is 26.4 Å². The Kier molecular flexibility index (Phi) is 13.6. The van der Waals surface area contributed by atoms with Crippen molar-refractivity contribution in [3.05, 3.63) is 29.8 Å². The van der Waals surface area contributed by atoms with Gasteiger partial charge >= 0.3 is 0 Å². The van der Waals surface area contributed by atoms with Crippen LogP contribution in [0.25, 0.3) is 0 Å². The average molecular weight is 575 g/mol. The maximum absolute atomic E-state index is 12.8. The van der Waals surface area contributed by atoms with Gasteiger partial charge in [0.2, 0.25) is 15.9 Å². The highest BCUT2D eigenvalue weighted by molar-refractivity contribution is 7.90. The molecular weight excluding hydrogens is 528 g/mol. The van der Waals surface area contributed by atoms with Crippen molar-refractivity contribution in [3.63, 3.8) is 0 Å². The molecule has 1 heterocycles. The third-order valence-electron chi connectivity index (χ3n) is 6.95. The summed E-state index contributed by atoms with van der Waals surface area (Å²) in [4.78, 5) is 17.3. The predicted molar refractivity (Wildman–Crippen MR) is 151 cm³/mol. The van der Waals surface area contributed by atoms with Crippen molar-refractivity contribution in [1.29, 1.82) is 0 Å². The number of amides is 1. The molecule has 12 heteroatoms. The van der Waals surface area contributed by atoms with Crippen LogP contribution in [0.4, 0.5) is 0 Å². The number of benzene rings is 1. The molecule has 1 unspecified atom stereocenters. The molecule has 0 bridgehead atoms. The molecule has 1 fully saturated rings. The number of carbonyl (C=O) groups excluding carboxylic acids is 1. The number of hydrogen-bond acceptors (Lipinski definition) is 8. The molecule has 1 amide bonds. The normalized spacial score (nSPS) is 16.7. The third-order valence-corrected chi connectivity index (χ3v) is 9.90. The molecule has 2 rings (SSSR count). The minimum absolute atomic E-state index is 0.0309. The SMILES string of the molecule is CCN(CCCCN1CCCN(S(=O)(=O)CCNCCOC)CC1=O)C(C)Cc1ccc(S(C)(=O)=O)cc1. The van der Waals surface area contributed by atoms with Gasteiger partial charge in [-0.05, 0) is 63.4 Å². The molecule has 0 radical (unpaired) electrons. The van der Waals surface area contributed by atoms with Crippen molar-refractivity contribution in [3.8, 4) is 0 Å². The van der Waals surface area contributed by atoms with Crippen LogP contribution in [-0.4, -0.2) is 121 Å². The van der Waals surface area contributed by atoms with Gasteiger partial charge in [-0.15, -0.1) is 0 Å². The number of nitrogens with one attached hydrogen (secondary N) is 1. The van der Waals surface area contributed by atoms with Crippen molar-refractivity contribution in [2.24, 2.45) is 0 Å². The smallest absolute Gasteiger partial charge is 0.237 e. The summed E-state index contributed by atoms with van der Waals surface area (Å²) < 4.78 is 55.0. The molecule has 38 heavy (non-hydrogen) atoms. The second-order valence-corrected chi connectivity index (χ2v) is 14.0. The fourth-order valence-electron chi connectivity index (χ4n) is 4.65. The van der Waals surface area contributed by atoms with Gasteiger partial charge < -0.3 is 19.9 Å². The van der Waals surface area contributed by atoms with Crippen molar-refractivity contribution in [2.75, 3.05) is 78.1 Å². The highest BCUT2D eigenvalue weighted by atomic mass is 32.2. The van der Waals surface area contributed by atoms with Gasteiger partial charge in [0.15, 0.2) is 9.84 Å². The molecule has 1 aromatic carbocycles. The first-order chi connectivity index (χ1) is 18.0. The predicted octanol–water partition coefficient (Wildman–Crippen LogP) is 1.22. The van der Waals surface area contributed by atoms with E-state index in [-0.39, 0.29) is 18.2 Å². The number of unbranched alkanes of at least 4 members (excludes halogenated alkanes) is 1. The summed E-state index contributed by atoms with van der Waals surface area (Å²) in [6, 6.07) is 7.39. The molecular formula is C26H46N4O6S2. The van der Waals surface area contributed by atoms with E-state index in [1.807, 2.05) is 12.1 Å².